The molecule has 0 aliphatic heterocycles. The number of ether oxygens (including phenoxy) is 4. The number of benzene rings is 3. The molecule has 4 rings (SSSR count). The van der Waals surface area contributed by atoms with Gasteiger partial charge in [-0.2, -0.15) is 0 Å². The molecular weight excluding hydrogens is 488 g/mol. The molecule has 0 radical (unpaired) electrons. The Labute approximate surface area is 209 Å². The maximum Gasteiger partial charge on any atom is 0.344 e. The van der Waals surface area contributed by atoms with Crippen LogP contribution in [0.4, 0.5) is 0 Å². The highest BCUT2D eigenvalue weighted by Crippen LogP contribution is 2.44. The molecule has 0 saturated heterocycles. The van der Waals surface area contributed by atoms with E-state index in [-0.39, 0.29) is 67.9 Å². The third kappa shape index (κ3) is 4.38. The first-order chi connectivity index (χ1) is 17.6. The normalized spacial score (nSPS) is 10.8. The molecule has 4 N–H and O–H groups in total. The van der Waals surface area contributed by atoms with Crippen molar-refractivity contribution in [2.75, 3.05) is 21.3 Å². The largest absolute Gasteiger partial charge is 0.508 e. The Hall–Kier alpha value is -5.06. The molecule has 0 atom stereocenters. The molecule has 0 unspecified atom stereocenters. The van der Waals surface area contributed by atoms with Crippen molar-refractivity contribution in [2.24, 2.45) is 0 Å². The highest BCUT2D eigenvalue weighted by Gasteiger charge is 2.26. The highest BCUT2D eigenvalue weighted by atomic mass is 16.5. The lowest BCUT2D eigenvalue weighted by molar-refractivity contribution is 0.0730. The SMILES string of the molecule is COc1cc(-c2oc3cc(O)cc(O)c3c(=O)c2OC(=O)c2cc(O)c(C)c(O)c2)cc(OC)c1OC. The lowest BCUT2D eigenvalue weighted by atomic mass is 10.1. The molecule has 0 saturated carbocycles. The number of aromatic hydroxyl groups is 4. The molecule has 0 spiro atoms. The third-order valence-electron chi connectivity index (χ3n) is 5.63. The number of esters is 1. The number of carbonyl (C=O) groups is 1. The van der Waals surface area contributed by atoms with Gasteiger partial charge in [0.15, 0.2) is 17.3 Å². The van der Waals surface area contributed by atoms with Gasteiger partial charge in [0.25, 0.3) is 0 Å². The van der Waals surface area contributed by atoms with E-state index in [1.165, 1.54) is 40.4 Å². The van der Waals surface area contributed by atoms with Gasteiger partial charge in [-0.1, -0.05) is 0 Å². The van der Waals surface area contributed by atoms with E-state index in [1.807, 2.05) is 0 Å². The smallest absolute Gasteiger partial charge is 0.344 e. The number of carbonyl (C=O) groups excluding carboxylic acids is 1. The maximum absolute atomic E-state index is 13.5. The van der Waals surface area contributed by atoms with Crippen LogP contribution in [0.2, 0.25) is 0 Å². The predicted octanol–water partition coefficient (Wildman–Crippen LogP) is 3.84. The highest BCUT2D eigenvalue weighted by molar-refractivity contribution is 5.95. The van der Waals surface area contributed by atoms with E-state index in [0.29, 0.717) is 0 Å². The summed E-state index contributed by atoms with van der Waals surface area (Å²) in [6.45, 7) is 1.44. The van der Waals surface area contributed by atoms with E-state index < -0.39 is 22.9 Å². The van der Waals surface area contributed by atoms with Crippen LogP contribution >= 0.6 is 0 Å². The fraction of sp³-hybridized carbons (Fsp3) is 0.154. The first-order valence-electron chi connectivity index (χ1n) is 10.7. The van der Waals surface area contributed by atoms with Gasteiger partial charge in [0.05, 0.1) is 26.9 Å². The van der Waals surface area contributed by atoms with Crippen LogP contribution in [0.25, 0.3) is 22.3 Å². The van der Waals surface area contributed by atoms with Gasteiger partial charge in [-0.3, -0.25) is 4.79 Å². The summed E-state index contributed by atoms with van der Waals surface area (Å²) in [6, 6.07) is 7.05. The summed E-state index contributed by atoms with van der Waals surface area (Å²) < 4.78 is 27.3. The zero-order chi connectivity index (χ0) is 27.0. The van der Waals surface area contributed by atoms with Crippen LogP contribution in [0, 0.1) is 6.92 Å². The van der Waals surface area contributed by atoms with Crippen LogP contribution in [0.1, 0.15) is 15.9 Å². The molecule has 1 heterocycles. The minimum atomic E-state index is -1.11. The number of rotatable bonds is 6. The Morgan fingerprint density at radius 2 is 1.38 bits per heavy atom. The fourth-order valence-corrected chi connectivity index (χ4v) is 3.72. The van der Waals surface area contributed by atoms with Crippen LogP contribution in [-0.2, 0) is 0 Å². The van der Waals surface area contributed by atoms with E-state index in [2.05, 4.69) is 0 Å². The number of phenolic OH excluding ortho intramolecular Hbond substituents is 4. The molecule has 0 amide bonds. The first kappa shape index (κ1) is 25.0. The van der Waals surface area contributed by atoms with Gasteiger partial charge in [0.1, 0.15) is 34.0 Å². The topological polar surface area (TPSA) is 165 Å². The second-order valence-corrected chi connectivity index (χ2v) is 7.87. The van der Waals surface area contributed by atoms with Crippen LogP contribution in [0.3, 0.4) is 0 Å². The number of hydrogen-bond donors (Lipinski definition) is 4. The summed E-state index contributed by atoms with van der Waals surface area (Å²) in [5.41, 5.74) is -1.09. The monoisotopic (exact) mass is 510 g/mol. The molecule has 0 bridgehead atoms. The average molecular weight is 510 g/mol. The molecule has 1 aromatic heterocycles. The Morgan fingerprint density at radius 1 is 0.784 bits per heavy atom. The van der Waals surface area contributed by atoms with Gasteiger partial charge in [-0.15, -0.1) is 0 Å². The summed E-state index contributed by atoms with van der Waals surface area (Å²) in [4.78, 5) is 26.5. The molecule has 0 aliphatic rings. The molecule has 0 aliphatic carbocycles. The van der Waals surface area contributed by atoms with E-state index in [0.717, 1.165) is 24.3 Å². The van der Waals surface area contributed by atoms with Crippen LogP contribution in [0.15, 0.2) is 45.6 Å². The van der Waals surface area contributed by atoms with Gasteiger partial charge in [0, 0.05) is 23.3 Å². The van der Waals surface area contributed by atoms with Gasteiger partial charge in [0.2, 0.25) is 16.9 Å². The van der Waals surface area contributed by atoms with Gasteiger partial charge in [-0.05, 0) is 31.2 Å². The molecule has 37 heavy (non-hydrogen) atoms. The van der Waals surface area contributed by atoms with Gasteiger partial charge >= 0.3 is 5.97 Å². The van der Waals surface area contributed by atoms with Crippen LogP contribution in [0.5, 0.6) is 46.0 Å². The molecule has 192 valence electrons. The lowest BCUT2D eigenvalue weighted by Crippen LogP contribution is -2.16. The summed E-state index contributed by atoms with van der Waals surface area (Å²) in [5.74, 6) is -3.06. The van der Waals surface area contributed by atoms with E-state index in [4.69, 9.17) is 23.4 Å². The quantitative estimate of drug-likeness (QED) is 0.279. The maximum atomic E-state index is 13.5. The van der Waals surface area contributed by atoms with Crippen molar-refractivity contribution < 1.29 is 48.6 Å². The minimum absolute atomic E-state index is 0.143. The summed E-state index contributed by atoms with van der Waals surface area (Å²) in [6.07, 6.45) is 0. The second kappa shape index (κ2) is 9.53. The van der Waals surface area contributed by atoms with Crippen molar-refractivity contribution in [1.29, 1.82) is 0 Å². The zero-order valence-electron chi connectivity index (χ0n) is 20.1. The molecule has 11 nitrogen and oxygen atoms in total. The van der Waals surface area contributed by atoms with E-state index in [9.17, 15) is 30.0 Å². The van der Waals surface area contributed by atoms with Gasteiger partial charge < -0.3 is 43.8 Å². The van der Waals surface area contributed by atoms with E-state index in [1.54, 1.807) is 0 Å². The van der Waals surface area contributed by atoms with Crippen molar-refractivity contribution in [2.45, 2.75) is 6.92 Å². The van der Waals surface area contributed by atoms with Crippen LogP contribution < -0.4 is 24.4 Å². The molecule has 4 aromatic rings. The molecule has 3 aromatic carbocycles. The molecule has 0 fully saturated rings. The third-order valence-corrected chi connectivity index (χ3v) is 5.63. The zero-order valence-corrected chi connectivity index (χ0v) is 20.1. The summed E-state index contributed by atoms with van der Waals surface area (Å²) in [7, 11) is 4.16. The number of fused-ring (bicyclic) bond motifs is 1. The van der Waals surface area contributed by atoms with Gasteiger partial charge in [-0.25, -0.2) is 4.79 Å². The lowest BCUT2D eigenvalue weighted by Gasteiger charge is -2.16. The minimum Gasteiger partial charge on any atom is -0.508 e. The number of methoxy groups -OCH3 is 3. The Morgan fingerprint density at radius 3 is 1.92 bits per heavy atom. The Bertz CT molecular complexity index is 1550. The van der Waals surface area contributed by atoms with Crippen molar-refractivity contribution in [3.63, 3.8) is 0 Å². The van der Waals surface area contributed by atoms with Crippen molar-refractivity contribution >= 4 is 16.9 Å². The van der Waals surface area contributed by atoms with E-state index >= 15 is 0 Å². The summed E-state index contributed by atoms with van der Waals surface area (Å²) in [5, 5.41) is 39.9. The Balaban J connectivity index is 2.00. The van der Waals surface area contributed by atoms with Crippen molar-refractivity contribution in [1.82, 2.24) is 0 Å². The summed E-state index contributed by atoms with van der Waals surface area (Å²) >= 11 is 0. The fourth-order valence-electron chi connectivity index (χ4n) is 3.72. The predicted molar refractivity (Wildman–Crippen MR) is 130 cm³/mol. The van der Waals surface area contributed by atoms with Crippen molar-refractivity contribution in [3.05, 3.63) is 57.7 Å². The Kier molecular flexibility index (Phi) is 6.45. The average Bonchev–Trinajstić information content (AvgIpc) is 2.86. The number of hydrogen-bond acceptors (Lipinski definition) is 11. The van der Waals surface area contributed by atoms with Crippen molar-refractivity contribution in [3.8, 4) is 57.3 Å². The number of phenols is 4. The second-order valence-electron chi connectivity index (χ2n) is 7.87. The molecular formula is C26H22O11. The first-order valence-corrected chi connectivity index (χ1v) is 10.7. The molecule has 11 heteroatoms. The van der Waals surface area contributed by atoms with Crippen LogP contribution in [-0.4, -0.2) is 47.7 Å². The standard InChI is InChI=1S/C26H22O11/c1-11-15(28)5-13(6-16(11)29)26(32)37-25-22(31)21-17(30)9-14(27)10-18(21)36-23(25)12-7-19(33-2)24(35-4)20(8-12)34-3/h5-10,27-30H,1-4H3.